The highest BCUT2D eigenvalue weighted by Gasteiger charge is 2.47. The molecule has 5 N–H and O–H groups in total. The highest BCUT2D eigenvalue weighted by atomic mass is 16.7. The molecule has 21 heteroatoms. The summed E-state index contributed by atoms with van der Waals surface area (Å²) in [7, 11) is 0. The van der Waals surface area contributed by atoms with Crippen LogP contribution in [0.4, 0.5) is 0 Å². The molecule has 2 saturated heterocycles. The van der Waals surface area contributed by atoms with E-state index >= 15 is 0 Å². The quantitative estimate of drug-likeness (QED) is 0.0500. The van der Waals surface area contributed by atoms with E-state index in [1.54, 1.807) is 6.92 Å². The van der Waals surface area contributed by atoms with Gasteiger partial charge in [-0.05, 0) is 6.42 Å². The lowest BCUT2D eigenvalue weighted by Gasteiger charge is -2.44. The van der Waals surface area contributed by atoms with Crippen LogP contribution in [-0.2, 0) is 80.9 Å². The van der Waals surface area contributed by atoms with Crippen LogP contribution in [0.25, 0.3) is 0 Å². The average Bonchev–Trinajstić information content (AvgIpc) is 3.15. The summed E-state index contributed by atoms with van der Waals surface area (Å²) in [5.74, 6) is -4.11. The van der Waals surface area contributed by atoms with Gasteiger partial charge in [0.1, 0.15) is 43.7 Å². The zero-order chi connectivity index (χ0) is 44.1. The van der Waals surface area contributed by atoms with Crippen LogP contribution < -0.4 is 21.7 Å². The molecule has 3 amide bonds. The Morgan fingerprint density at radius 1 is 0.610 bits per heavy atom. The number of nitrogens with one attached hydrogen (secondary N) is 3. The fraction of sp³-hybridized carbons (Fsp3) is 0.816. The van der Waals surface area contributed by atoms with E-state index < -0.39 is 90.7 Å². The van der Waals surface area contributed by atoms with Gasteiger partial charge in [0, 0.05) is 71.9 Å². The van der Waals surface area contributed by atoms with Gasteiger partial charge in [-0.15, -0.1) is 0 Å². The Balaban J connectivity index is 1.63. The number of ether oxygens (including phenoxy) is 10. The first-order chi connectivity index (χ1) is 27.9. The average molecular weight is 849 g/mol. The largest absolute Gasteiger partial charge is 0.463 e. The third-order valence-electron chi connectivity index (χ3n) is 9.45. The molecule has 2 rings (SSSR count). The minimum absolute atomic E-state index is 0.00586. The van der Waals surface area contributed by atoms with Crippen LogP contribution in [0.2, 0.25) is 0 Å². The highest BCUT2D eigenvalue weighted by molar-refractivity contribution is 5.83. The van der Waals surface area contributed by atoms with Crippen LogP contribution in [-0.4, -0.2) is 157 Å². The molecule has 59 heavy (non-hydrogen) atoms. The Morgan fingerprint density at radius 3 is 1.63 bits per heavy atom. The fourth-order valence-electron chi connectivity index (χ4n) is 6.41. The van der Waals surface area contributed by atoms with Crippen LogP contribution in [0.3, 0.4) is 0 Å². The first-order valence-electron chi connectivity index (χ1n) is 19.8. The summed E-state index contributed by atoms with van der Waals surface area (Å²) in [4.78, 5) is 83.0. The van der Waals surface area contributed by atoms with Crippen molar-refractivity contribution in [3.05, 3.63) is 0 Å². The summed E-state index contributed by atoms with van der Waals surface area (Å²) in [6.45, 7) is 12.9. The number of amides is 3. The van der Waals surface area contributed by atoms with Crippen molar-refractivity contribution in [2.75, 3.05) is 65.9 Å². The van der Waals surface area contributed by atoms with Gasteiger partial charge in [0.15, 0.2) is 12.6 Å². The lowest BCUT2D eigenvalue weighted by atomic mass is 9.86. The maximum absolute atomic E-state index is 12.4. The number of hydrogen-bond donors (Lipinski definition) is 4. The Morgan fingerprint density at radius 2 is 1.10 bits per heavy atom. The van der Waals surface area contributed by atoms with Crippen molar-refractivity contribution >= 4 is 41.6 Å². The van der Waals surface area contributed by atoms with Gasteiger partial charge in [0.05, 0.1) is 45.7 Å². The Kier molecular flexibility index (Phi) is 23.4. The first-order valence-corrected chi connectivity index (χ1v) is 19.8. The highest BCUT2D eigenvalue weighted by Crippen LogP contribution is 2.33. The second kappa shape index (κ2) is 27.0. The maximum atomic E-state index is 12.4. The van der Waals surface area contributed by atoms with Crippen molar-refractivity contribution in [1.82, 2.24) is 16.0 Å². The van der Waals surface area contributed by atoms with Crippen molar-refractivity contribution in [1.29, 1.82) is 0 Å². The van der Waals surface area contributed by atoms with Gasteiger partial charge < -0.3 is 69.1 Å². The number of nitrogens with two attached hydrogens (primary N) is 1. The van der Waals surface area contributed by atoms with E-state index in [0.717, 1.165) is 0 Å². The molecule has 11 atom stereocenters. The fourth-order valence-corrected chi connectivity index (χ4v) is 6.41. The molecule has 2 heterocycles. The molecule has 2 unspecified atom stereocenters. The molecule has 0 radical (unpaired) electrons. The molecule has 0 aromatic carbocycles. The van der Waals surface area contributed by atoms with E-state index in [-0.39, 0.29) is 96.5 Å². The summed E-state index contributed by atoms with van der Waals surface area (Å²) in [6, 6.07) is -1.78. The van der Waals surface area contributed by atoms with Crippen LogP contribution in [0, 0.1) is 17.8 Å². The molecule has 21 nitrogen and oxygen atoms in total. The lowest BCUT2D eigenvalue weighted by molar-refractivity contribution is -0.273. The number of carbonyl (C=O) groups excluding carboxylic acids is 7. The van der Waals surface area contributed by atoms with E-state index in [9.17, 15) is 33.6 Å². The molecule has 0 aromatic heterocycles. The summed E-state index contributed by atoms with van der Waals surface area (Å²) in [5.41, 5.74) is 5.97. The van der Waals surface area contributed by atoms with Gasteiger partial charge in [0.2, 0.25) is 17.7 Å². The van der Waals surface area contributed by atoms with Crippen molar-refractivity contribution in [3.63, 3.8) is 0 Å². The van der Waals surface area contributed by atoms with E-state index in [2.05, 4.69) is 16.0 Å². The summed E-state index contributed by atoms with van der Waals surface area (Å²) in [6.07, 6.45) is -4.21. The normalized spacial score (nSPS) is 27.1. The number of esters is 4. The number of hydrogen-bond acceptors (Lipinski definition) is 18. The molecule has 0 bridgehead atoms. The van der Waals surface area contributed by atoms with Crippen molar-refractivity contribution in [2.45, 2.75) is 117 Å². The van der Waals surface area contributed by atoms with Crippen molar-refractivity contribution in [2.24, 2.45) is 23.5 Å². The van der Waals surface area contributed by atoms with E-state index in [1.165, 1.54) is 34.6 Å². The third kappa shape index (κ3) is 19.3. The lowest BCUT2D eigenvalue weighted by Crippen LogP contribution is -2.63. The van der Waals surface area contributed by atoms with E-state index in [0.29, 0.717) is 0 Å². The molecule has 2 aliphatic heterocycles. The maximum Gasteiger partial charge on any atom is 0.302 e. The molecular weight excluding hydrogens is 784 g/mol. The van der Waals surface area contributed by atoms with Gasteiger partial charge >= 0.3 is 23.9 Å². The topological polar surface area (TPSA) is 274 Å². The SMILES string of the molecule is CC(=O)N[C@H]1C(OCCOCCNC(=O)[C@H](N)CCC(=O)NCCOCCOC2O[C@H](COC(C)=O)[C@H](C)[C@H](OC(C)=O)[C@H]2C)O[C@H](COC(C)=O)[C@H](C)[C@@H]1OC(C)=O. The van der Waals surface area contributed by atoms with Gasteiger partial charge in [-0.2, -0.15) is 0 Å². The van der Waals surface area contributed by atoms with Crippen LogP contribution in [0.5, 0.6) is 0 Å². The van der Waals surface area contributed by atoms with Gasteiger partial charge in [-0.1, -0.05) is 20.8 Å². The van der Waals surface area contributed by atoms with Crippen molar-refractivity contribution in [3.8, 4) is 0 Å². The van der Waals surface area contributed by atoms with Crippen LogP contribution >= 0.6 is 0 Å². The molecule has 0 spiro atoms. The standard InChI is InChI=1S/C38H64N4O17/c1-21-30(19-54-25(5)44)58-37(23(3)34(21)56-27(7)46)52-17-15-50-13-11-40-32(48)10-9-29(39)36(49)41-12-14-51-16-18-53-38-33(42-24(4)43)35(57-28(8)47)22(2)31(59-38)20-55-26(6)45/h21-23,29-31,33-35,37-38H,9-20,39H2,1-8H3,(H,40,48)(H,41,49)(H,42,43)/t21-,22-,23+,29+,30+,31+,33+,34-,35-,37?,38?/m0/s1. The van der Waals surface area contributed by atoms with E-state index in [4.69, 9.17) is 53.1 Å². The van der Waals surface area contributed by atoms with Crippen LogP contribution in [0.15, 0.2) is 0 Å². The minimum atomic E-state index is -1.05. The minimum Gasteiger partial charge on any atom is -0.463 e. The molecule has 0 saturated carbocycles. The molecule has 338 valence electrons. The zero-order valence-electron chi connectivity index (χ0n) is 35.4. The predicted molar refractivity (Wildman–Crippen MR) is 204 cm³/mol. The summed E-state index contributed by atoms with van der Waals surface area (Å²) in [5, 5.41) is 8.07. The number of carbonyl (C=O) groups is 7. The van der Waals surface area contributed by atoms with Gasteiger partial charge in [-0.3, -0.25) is 33.6 Å². The zero-order valence-corrected chi connectivity index (χ0v) is 35.4. The van der Waals surface area contributed by atoms with Crippen molar-refractivity contribution < 1.29 is 80.9 Å². The smallest absolute Gasteiger partial charge is 0.302 e. The molecular formula is C38H64N4O17. The second-order valence-corrected chi connectivity index (χ2v) is 14.4. The Hall–Kier alpha value is -3.99. The molecule has 0 aliphatic carbocycles. The summed E-state index contributed by atoms with van der Waals surface area (Å²) < 4.78 is 56.0. The Labute approximate surface area is 344 Å². The second-order valence-electron chi connectivity index (χ2n) is 14.4. The number of rotatable bonds is 25. The van der Waals surface area contributed by atoms with E-state index in [1.807, 2.05) is 13.8 Å². The Bertz CT molecular complexity index is 1370. The van der Waals surface area contributed by atoms with Gasteiger partial charge in [-0.25, -0.2) is 0 Å². The summed E-state index contributed by atoms with van der Waals surface area (Å²) >= 11 is 0. The van der Waals surface area contributed by atoms with Crippen LogP contribution in [0.1, 0.15) is 68.2 Å². The third-order valence-corrected chi connectivity index (χ3v) is 9.45. The molecule has 2 fully saturated rings. The predicted octanol–water partition coefficient (Wildman–Crippen LogP) is -0.755. The molecule has 0 aromatic rings. The molecule has 2 aliphatic rings. The monoisotopic (exact) mass is 848 g/mol. The first kappa shape index (κ1) is 51.2. The van der Waals surface area contributed by atoms with Gasteiger partial charge in [0.25, 0.3) is 0 Å².